The molecule has 5 aromatic rings. The zero-order valence-corrected chi connectivity index (χ0v) is 18.1. The molecule has 9 rings (SSSR count). The van der Waals surface area contributed by atoms with Gasteiger partial charge in [-0.3, -0.25) is 0 Å². The van der Waals surface area contributed by atoms with E-state index >= 15 is 0 Å². The summed E-state index contributed by atoms with van der Waals surface area (Å²) in [6.45, 7) is 0. The highest BCUT2D eigenvalue weighted by molar-refractivity contribution is 5.61. The quantitative estimate of drug-likeness (QED) is 0.260. The van der Waals surface area contributed by atoms with Crippen molar-refractivity contribution in [3.8, 4) is 34.3 Å². The molecule has 10 bridgehead atoms. The molecule has 4 aliphatic rings. The third-order valence-corrected chi connectivity index (χ3v) is 5.96. The first-order valence-electron chi connectivity index (χ1n) is 11.2. The Morgan fingerprint density at radius 3 is 1.39 bits per heavy atom. The van der Waals surface area contributed by atoms with E-state index in [-0.39, 0.29) is 0 Å². The first-order valence-corrected chi connectivity index (χ1v) is 11.2. The summed E-state index contributed by atoms with van der Waals surface area (Å²) in [6.07, 6.45) is 1.81. The van der Waals surface area contributed by atoms with Crippen LogP contribution in [0.25, 0.3) is 22.5 Å². The van der Waals surface area contributed by atoms with Crippen molar-refractivity contribution in [2.24, 2.45) is 0 Å². The maximum Gasteiger partial charge on any atom is 0.221 e. The van der Waals surface area contributed by atoms with Crippen molar-refractivity contribution in [2.75, 3.05) is 0 Å². The molecule has 0 saturated heterocycles. The van der Waals surface area contributed by atoms with E-state index in [2.05, 4.69) is 72.8 Å². The van der Waals surface area contributed by atoms with Gasteiger partial charge in [-0.15, -0.1) is 0 Å². The van der Waals surface area contributed by atoms with E-state index in [1.54, 1.807) is 0 Å². The van der Waals surface area contributed by atoms with E-state index < -0.39 is 0 Å². The lowest BCUT2D eigenvalue weighted by molar-refractivity contribution is 0.446. The van der Waals surface area contributed by atoms with Gasteiger partial charge < -0.3 is 4.74 Å². The van der Waals surface area contributed by atoms with Crippen LogP contribution in [0.2, 0.25) is 0 Å². The van der Waals surface area contributed by atoms with Crippen LogP contribution in [0.15, 0.2) is 109 Å². The molecule has 0 saturated carbocycles. The van der Waals surface area contributed by atoms with Gasteiger partial charge in [0.25, 0.3) is 0 Å². The fraction of sp³-hybridized carbons (Fsp3) is 0.0667. The minimum Gasteiger partial charge on any atom is -0.421 e. The highest BCUT2D eigenvalue weighted by atomic mass is 16.5. The lowest BCUT2D eigenvalue weighted by Crippen LogP contribution is -1.95. The Hall–Kier alpha value is -4.24. The van der Waals surface area contributed by atoms with Gasteiger partial charge in [0.2, 0.25) is 11.8 Å². The molecule has 0 amide bonds. The Balaban J connectivity index is 1.45. The van der Waals surface area contributed by atoms with Gasteiger partial charge in [-0.2, -0.15) is 0 Å². The van der Waals surface area contributed by atoms with Crippen LogP contribution in [0.4, 0.5) is 0 Å². The average Bonchev–Trinajstić information content (AvgIpc) is 2.85. The minimum absolute atomic E-state index is 0.530. The molecule has 3 heteroatoms. The Bertz CT molecular complexity index is 1320. The van der Waals surface area contributed by atoms with E-state index in [0.717, 1.165) is 35.4 Å². The SMILES string of the molecule is c1cc2cc(c1)Cc1ccc(cc1)-c1cccc(n1)Oc1cccc(n1)-c1ccc(cc1)C2. The molecule has 0 spiro atoms. The molecule has 0 N–H and O–H groups in total. The summed E-state index contributed by atoms with van der Waals surface area (Å²) in [5, 5.41) is 0. The van der Waals surface area contributed by atoms with Crippen LogP contribution in [-0.4, -0.2) is 9.97 Å². The normalized spacial score (nSPS) is 12.2. The van der Waals surface area contributed by atoms with Crippen molar-refractivity contribution in [1.29, 1.82) is 0 Å². The average molecular weight is 427 g/mol. The lowest BCUT2D eigenvalue weighted by Gasteiger charge is -2.10. The fourth-order valence-electron chi connectivity index (χ4n) is 4.28. The molecular weight excluding hydrogens is 404 g/mol. The second kappa shape index (κ2) is 8.36. The molecule has 158 valence electrons. The highest BCUT2D eigenvalue weighted by Gasteiger charge is 2.08. The van der Waals surface area contributed by atoms with Gasteiger partial charge >= 0.3 is 0 Å². The molecule has 3 nitrogen and oxygen atoms in total. The van der Waals surface area contributed by atoms with Crippen molar-refractivity contribution in [3.05, 3.63) is 131 Å². The summed E-state index contributed by atoms with van der Waals surface area (Å²) in [5.74, 6) is 1.06. The third-order valence-electron chi connectivity index (χ3n) is 5.96. The van der Waals surface area contributed by atoms with E-state index in [1.807, 2.05) is 36.4 Å². The second-order valence-corrected chi connectivity index (χ2v) is 8.39. The molecule has 2 aromatic heterocycles. The van der Waals surface area contributed by atoms with Gasteiger partial charge in [-0.1, -0.05) is 84.9 Å². The molecule has 4 aliphatic heterocycles. The molecule has 33 heavy (non-hydrogen) atoms. The van der Waals surface area contributed by atoms with Crippen LogP contribution in [-0.2, 0) is 12.8 Å². The van der Waals surface area contributed by atoms with Gasteiger partial charge in [0.1, 0.15) is 0 Å². The second-order valence-electron chi connectivity index (χ2n) is 8.39. The van der Waals surface area contributed by atoms with Crippen molar-refractivity contribution < 1.29 is 4.74 Å². The van der Waals surface area contributed by atoms with Crippen LogP contribution in [0, 0.1) is 0 Å². The Labute approximate surface area is 193 Å². The number of hydrogen-bond acceptors (Lipinski definition) is 3. The van der Waals surface area contributed by atoms with Crippen LogP contribution >= 0.6 is 0 Å². The maximum atomic E-state index is 6.02. The summed E-state index contributed by atoms with van der Waals surface area (Å²) in [5.41, 5.74) is 9.08. The van der Waals surface area contributed by atoms with E-state index in [1.165, 1.54) is 22.3 Å². The summed E-state index contributed by atoms with van der Waals surface area (Å²) in [4.78, 5) is 9.42. The number of rotatable bonds is 0. The van der Waals surface area contributed by atoms with Crippen LogP contribution in [0.1, 0.15) is 22.3 Å². The number of ether oxygens (including phenoxy) is 1. The van der Waals surface area contributed by atoms with Crippen molar-refractivity contribution >= 4 is 0 Å². The van der Waals surface area contributed by atoms with Gasteiger partial charge in [0.05, 0.1) is 11.4 Å². The van der Waals surface area contributed by atoms with Crippen LogP contribution < -0.4 is 4.74 Å². The highest BCUT2D eigenvalue weighted by Crippen LogP contribution is 2.27. The number of pyridine rings is 2. The molecule has 0 aliphatic carbocycles. The summed E-state index contributed by atoms with van der Waals surface area (Å²) in [6, 6.07) is 37.8. The first kappa shape index (κ1) is 19.4. The predicted molar refractivity (Wildman–Crippen MR) is 131 cm³/mol. The minimum atomic E-state index is 0.530. The number of hydrogen-bond donors (Lipinski definition) is 0. The largest absolute Gasteiger partial charge is 0.421 e. The monoisotopic (exact) mass is 426 g/mol. The molecule has 0 atom stereocenters. The summed E-state index contributed by atoms with van der Waals surface area (Å²) in [7, 11) is 0. The van der Waals surface area contributed by atoms with Gasteiger partial charge in [0, 0.05) is 23.3 Å². The molecule has 0 unspecified atom stereocenters. The maximum absolute atomic E-state index is 6.02. The third kappa shape index (κ3) is 4.26. The van der Waals surface area contributed by atoms with Crippen molar-refractivity contribution in [2.45, 2.75) is 12.8 Å². The standard InChI is InChI=1S/C30H22N2O/c1-4-23-18-21-10-14-25(15-11-21)27-6-2-8-29(31-27)33-30-9-3-7-28(32-30)26-16-12-22(13-17-26)19-24(5-1)20-23/h1-17,20H,18-19H2. The van der Waals surface area contributed by atoms with E-state index in [4.69, 9.17) is 14.7 Å². The number of aromatic nitrogens is 2. The predicted octanol–water partition coefficient (Wildman–Crippen LogP) is 7.10. The Morgan fingerprint density at radius 2 is 0.909 bits per heavy atom. The van der Waals surface area contributed by atoms with Crippen LogP contribution in [0.5, 0.6) is 11.8 Å². The van der Waals surface area contributed by atoms with Gasteiger partial charge in [-0.05, 0) is 47.2 Å². The van der Waals surface area contributed by atoms with Gasteiger partial charge in [-0.25, -0.2) is 9.97 Å². The smallest absolute Gasteiger partial charge is 0.221 e. The molecule has 0 fully saturated rings. The molecule has 6 heterocycles. The number of benzene rings is 3. The Morgan fingerprint density at radius 1 is 0.455 bits per heavy atom. The molecule has 3 aromatic carbocycles. The topological polar surface area (TPSA) is 35.0 Å². The van der Waals surface area contributed by atoms with Crippen LogP contribution in [0.3, 0.4) is 0 Å². The zero-order chi connectivity index (χ0) is 22.0. The summed E-state index contributed by atoms with van der Waals surface area (Å²) < 4.78 is 6.02. The van der Waals surface area contributed by atoms with Crippen molar-refractivity contribution in [3.63, 3.8) is 0 Å². The Kier molecular flexibility index (Phi) is 4.93. The van der Waals surface area contributed by atoms with E-state index in [9.17, 15) is 0 Å². The summed E-state index contributed by atoms with van der Waals surface area (Å²) >= 11 is 0. The number of nitrogens with zero attached hydrogens (tertiary/aromatic N) is 2. The van der Waals surface area contributed by atoms with E-state index in [0.29, 0.717) is 11.8 Å². The fourth-order valence-corrected chi connectivity index (χ4v) is 4.28. The zero-order valence-electron chi connectivity index (χ0n) is 18.1. The molecular formula is C30H22N2O. The van der Waals surface area contributed by atoms with Crippen molar-refractivity contribution in [1.82, 2.24) is 9.97 Å². The lowest BCUT2D eigenvalue weighted by atomic mass is 9.98. The molecule has 0 radical (unpaired) electrons. The van der Waals surface area contributed by atoms with Gasteiger partial charge in [0.15, 0.2) is 0 Å². The first-order chi connectivity index (χ1) is 16.3.